The molecule has 5 nitrogen and oxygen atoms in total. The zero-order valence-corrected chi connectivity index (χ0v) is 8.85. The summed E-state index contributed by atoms with van der Waals surface area (Å²) in [6.07, 6.45) is 1.24. The van der Waals surface area contributed by atoms with Crippen molar-refractivity contribution in [2.24, 2.45) is 11.8 Å². The lowest BCUT2D eigenvalue weighted by Crippen LogP contribution is -2.33. The van der Waals surface area contributed by atoms with E-state index in [1.54, 1.807) is 0 Å². The van der Waals surface area contributed by atoms with Crippen LogP contribution in [0, 0.1) is 11.8 Å². The third kappa shape index (κ3) is 2.04. The smallest absolute Gasteiger partial charge is 0.433 e. The quantitative estimate of drug-likeness (QED) is 0.743. The molecular formula is C9H13ClO5. The Morgan fingerprint density at radius 2 is 2.07 bits per heavy atom. The van der Waals surface area contributed by atoms with E-state index in [-0.39, 0.29) is 37.3 Å². The summed E-state index contributed by atoms with van der Waals surface area (Å²) in [6.45, 7) is 0.253. The van der Waals surface area contributed by atoms with E-state index in [1.165, 1.54) is 0 Å². The second-order valence-electron chi connectivity index (χ2n) is 3.94. The Bertz CT molecular complexity index is 247. The monoisotopic (exact) mass is 236 g/mol. The molecule has 4 atom stereocenters. The molecule has 0 spiro atoms. The zero-order valence-electron chi connectivity index (χ0n) is 8.10. The molecule has 0 amide bonds. The van der Waals surface area contributed by atoms with Crippen molar-refractivity contribution in [2.75, 3.05) is 13.2 Å². The molecule has 2 fully saturated rings. The lowest BCUT2D eigenvalue weighted by Gasteiger charge is -2.25. The van der Waals surface area contributed by atoms with Gasteiger partial charge in [-0.15, -0.1) is 0 Å². The normalized spacial score (nSPS) is 38.0. The summed E-state index contributed by atoms with van der Waals surface area (Å²) in [5.41, 5.74) is 0. The standard InChI is InChI=1S/C9H13ClO5/c10-15-9(12)13-4-6-5(3-11)7-1-2-8(6)14-7/h5-8,11H,1-4H2/t5-,6+,7-,8+/m1/s1. The van der Waals surface area contributed by atoms with Gasteiger partial charge in [-0.3, -0.25) is 0 Å². The zero-order chi connectivity index (χ0) is 10.8. The molecule has 1 N–H and O–H groups in total. The van der Waals surface area contributed by atoms with Gasteiger partial charge in [0.1, 0.15) is 18.5 Å². The van der Waals surface area contributed by atoms with Crippen molar-refractivity contribution in [1.29, 1.82) is 0 Å². The number of aliphatic hydroxyl groups is 1. The summed E-state index contributed by atoms with van der Waals surface area (Å²) in [5.74, 6) is 0.122. The van der Waals surface area contributed by atoms with E-state index in [0.29, 0.717) is 0 Å². The Balaban J connectivity index is 1.88. The lowest BCUT2D eigenvalue weighted by atomic mass is 9.80. The van der Waals surface area contributed by atoms with Crippen molar-refractivity contribution < 1.29 is 23.7 Å². The highest BCUT2D eigenvalue weighted by atomic mass is 35.5. The largest absolute Gasteiger partial charge is 0.526 e. The molecule has 2 heterocycles. The molecule has 2 aliphatic heterocycles. The maximum atomic E-state index is 10.7. The molecule has 0 saturated carbocycles. The Morgan fingerprint density at radius 1 is 1.40 bits per heavy atom. The van der Waals surface area contributed by atoms with Crippen LogP contribution in [0.25, 0.3) is 0 Å². The first-order chi connectivity index (χ1) is 7.26. The van der Waals surface area contributed by atoms with Gasteiger partial charge in [0.2, 0.25) is 0 Å². The molecule has 2 bridgehead atoms. The summed E-state index contributed by atoms with van der Waals surface area (Å²) >= 11 is 4.83. The molecule has 0 aromatic heterocycles. The highest BCUT2D eigenvalue weighted by Gasteiger charge is 2.48. The highest BCUT2D eigenvalue weighted by molar-refractivity contribution is 6.12. The van der Waals surface area contributed by atoms with Crippen LogP contribution in [0.2, 0.25) is 0 Å². The van der Waals surface area contributed by atoms with Crippen LogP contribution in [0.4, 0.5) is 4.79 Å². The molecule has 0 aromatic carbocycles. The van der Waals surface area contributed by atoms with Gasteiger partial charge >= 0.3 is 6.16 Å². The third-order valence-corrected chi connectivity index (χ3v) is 3.38. The van der Waals surface area contributed by atoms with Crippen molar-refractivity contribution in [3.8, 4) is 0 Å². The van der Waals surface area contributed by atoms with Gasteiger partial charge in [0.05, 0.1) is 12.2 Å². The summed E-state index contributed by atoms with van der Waals surface area (Å²) in [4.78, 5) is 10.7. The van der Waals surface area contributed by atoms with Crippen LogP contribution in [0.3, 0.4) is 0 Å². The third-order valence-electron chi connectivity index (χ3n) is 3.26. The minimum atomic E-state index is -0.906. The van der Waals surface area contributed by atoms with Crippen LogP contribution in [-0.2, 0) is 13.8 Å². The number of fused-ring (bicyclic) bond motifs is 2. The van der Waals surface area contributed by atoms with E-state index in [9.17, 15) is 9.90 Å². The van der Waals surface area contributed by atoms with Gasteiger partial charge in [-0.25, -0.2) is 4.79 Å². The van der Waals surface area contributed by atoms with Crippen molar-refractivity contribution in [3.63, 3.8) is 0 Å². The van der Waals surface area contributed by atoms with E-state index >= 15 is 0 Å². The number of hydrogen-bond donors (Lipinski definition) is 1. The van der Waals surface area contributed by atoms with E-state index in [0.717, 1.165) is 12.8 Å². The van der Waals surface area contributed by atoms with Gasteiger partial charge in [0.15, 0.2) is 0 Å². The fourth-order valence-electron chi connectivity index (χ4n) is 2.54. The fraction of sp³-hybridized carbons (Fsp3) is 0.889. The first-order valence-electron chi connectivity index (χ1n) is 4.98. The number of halogens is 1. The SMILES string of the molecule is O=C(OCl)OC[C@H]1[C@@H](CO)[C@H]2CC[C@@H]1O2. The Morgan fingerprint density at radius 3 is 2.67 bits per heavy atom. The van der Waals surface area contributed by atoms with E-state index in [4.69, 9.17) is 21.3 Å². The van der Waals surface area contributed by atoms with E-state index in [2.05, 4.69) is 4.29 Å². The van der Waals surface area contributed by atoms with E-state index < -0.39 is 6.16 Å². The van der Waals surface area contributed by atoms with Crippen LogP contribution in [-0.4, -0.2) is 36.7 Å². The maximum Gasteiger partial charge on any atom is 0.526 e. The first kappa shape index (κ1) is 11.0. The summed E-state index contributed by atoms with van der Waals surface area (Å²) in [6, 6.07) is 0. The van der Waals surface area contributed by atoms with Crippen LogP contribution >= 0.6 is 11.9 Å². The molecule has 0 aliphatic carbocycles. The van der Waals surface area contributed by atoms with Gasteiger partial charge < -0.3 is 18.9 Å². The molecule has 0 radical (unpaired) electrons. The minimum Gasteiger partial charge on any atom is -0.433 e. The number of ether oxygens (including phenoxy) is 2. The van der Waals surface area contributed by atoms with Gasteiger partial charge in [-0.2, -0.15) is 0 Å². The van der Waals surface area contributed by atoms with Crippen molar-refractivity contribution in [3.05, 3.63) is 0 Å². The molecule has 6 heteroatoms. The number of rotatable bonds is 3. The lowest BCUT2D eigenvalue weighted by molar-refractivity contribution is 0.0524. The summed E-state index contributed by atoms with van der Waals surface area (Å²) in [5, 5.41) is 9.20. The number of hydrogen-bond acceptors (Lipinski definition) is 5. The topological polar surface area (TPSA) is 65.0 Å². The molecule has 2 aliphatic rings. The summed E-state index contributed by atoms with van der Waals surface area (Å²) in [7, 11) is 0. The second-order valence-corrected chi connectivity index (χ2v) is 4.09. The van der Waals surface area contributed by atoms with Crippen LogP contribution in [0.15, 0.2) is 0 Å². The molecular weight excluding hydrogens is 224 g/mol. The van der Waals surface area contributed by atoms with Crippen LogP contribution in [0.1, 0.15) is 12.8 Å². The molecule has 0 aromatic rings. The maximum absolute atomic E-state index is 10.7. The second kappa shape index (κ2) is 4.55. The van der Waals surface area contributed by atoms with Gasteiger partial charge in [-0.05, 0) is 12.8 Å². The number of carbonyl (C=O) groups excluding carboxylic acids is 1. The Hall–Kier alpha value is -0.520. The van der Waals surface area contributed by atoms with Crippen LogP contribution < -0.4 is 0 Å². The van der Waals surface area contributed by atoms with Gasteiger partial charge in [0.25, 0.3) is 0 Å². The molecule has 86 valence electrons. The van der Waals surface area contributed by atoms with E-state index in [1.807, 2.05) is 0 Å². The van der Waals surface area contributed by atoms with Gasteiger partial charge in [-0.1, -0.05) is 0 Å². The number of carbonyl (C=O) groups is 1. The predicted octanol–water partition coefficient (Wildman–Crippen LogP) is 1.08. The summed E-state index contributed by atoms with van der Waals surface area (Å²) < 4.78 is 14.3. The molecule has 15 heavy (non-hydrogen) atoms. The number of aliphatic hydroxyl groups excluding tert-OH is 1. The Labute approximate surface area is 92.4 Å². The minimum absolute atomic E-state index is 0.0597. The van der Waals surface area contributed by atoms with Crippen molar-refractivity contribution >= 4 is 18.0 Å². The fourth-order valence-corrected chi connectivity index (χ4v) is 2.59. The van der Waals surface area contributed by atoms with Gasteiger partial charge in [0, 0.05) is 18.4 Å². The molecule has 2 rings (SSSR count). The average Bonchev–Trinajstić information content (AvgIpc) is 2.85. The van der Waals surface area contributed by atoms with Crippen molar-refractivity contribution in [1.82, 2.24) is 0 Å². The first-order valence-corrected chi connectivity index (χ1v) is 5.28. The molecule has 0 unspecified atom stereocenters. The highest BCUT2D eigenvalue weighted by Crippen LogP contribution is 2.43. The molecule has 2 saturated heterocycles. The van der Waals surface area contributed by atoms with Crippen LogP contribution in [0.5, 0.6) is 0 Å². The predicted molar refractivity (Wildman–Crippen MR) is 50.2 cm³/mol. The van der Waals surface area contributed by atoms with Crippen molar-refractivity contribution in [2.45, 2.75) is 25.0 Å². The average molecular weight is 237 g/mol. The Kier molecular flexibility index (Phi) is 3.33.